The highest BCUT2D eigenvalue weighted by atomic mass is 79.9. The zero-order chi connectivity index (χ0) is 15.0. The fourth-order valence-corrected chi connectivity index (χ4v) is 2.76. The number of hydrogen-bond acceptors (Lipinski definition) is 2. The third kappa shape index (κ3) is 3.06. The molecule has 1 heterocycles. The lowest BCUT2D eigenvalue weighted by atomic mass is 10.2. The molecule has 1 N–H and O–H groups in total. The Labute approximate surface area is 135 Å². The summed E-state index contributed by atoms with van der Waals surface area (Å²) in [7, 11) is 0. The third-order valence-electron chi connectivity index (χ3n) is 3.23. The maximum Gasteiger partial charge on any atom is 0.134 e. The predicted molar refractivity (Wildman–Crippen MR) is 87.4 cm³/mol. The normalized spacial score (nSPS) is 12.6. The Bertz CT molecular complexity index is 802. The molecule has 0 aliphatic carbocycles. The van der Waals surface area contributed by atoms with Crippen LogP contribution in [-0.2, 0) is 0 Å². The van der Waals surface area contributed by atoms with Gasteiger partial charge in [0.2, 0.25) is 0 Å². The standard InChI is InChI=1S/C16H12BrClFNO/c1-9(20-14-4-3-12(19)8-13(14)18)16-7-10-6-11(17)2-5-15(10)21-16/h2-9,20H,1H3. The molecule has 0 amide bonds. The van der Waals surface area contributed by atoms with E-state index in [-0.39, 0.29) is 11.9 Å². The first-order chi connectivity index (χ1) is 10.0. The molecule has 0 saturated carbocycles. The Kier molecular flexibility index (Phi) is 3.91. The van der Waals surface area contributed by atoms with Crippen LogP contribution in [0.25, 0.3) is 11.0 Å². The molecule has 1 atom stereocenters. The van der Waals surface area contributed by atoms with Gasteiger partial charge in [-0.25, -0.2) is 4.39 Å². The number of anilines is 1. The van der Waals surface area contributed by atoms with Crippen LogP contribution in [0.2, 0.25) is 5.02 Å². The van der Waals surface area contributed by atoms with Gasteiger partial charge in [-0.1, -0.05) is 27.5 Å². The van der Waals surface area contributed by atoms with Crippen molar-refractivity contribution in [3.05, 3.63) is 63.5 Å². The van der Waals surface area contributed by atoms with Gasteiger partial charge in [0.15, 0.2) is 0 Å². The van der Waals surface area contributed by atoms with Crippen LogP contribution in [0.15, 0.2) is 51.4 Å². The zero-order valence-electron chi connectivity index (χ0n) is 11.2. The highest BCUT2D eigenvalue weighted by Gasteiger charge is 2.13. The molecular formula is C16H12BrClFNO. The Morgan fingerprint density at radius 2 is 2.00 bits per heavy atom. The summed E-state index contributed by atoms with van der Waals surface area (Å²) < 4.78 is 19.9. The van der Waals surface area contributed by atoms with E-state index in [4.69, 9.17) is 16.0 Å². The van der Waals surface area contributed by atoms with Crippen LogP contribution in [0, 0.1) is 5.82 Å². The van der Waals surface area contributed by atoms with Gasteiger partial charge in [-0.3, -0.25) is 0 Å². The summed E-state index contributed by atoms with van der Waals surface area (Å²) in [5, 5.41) is 4.60. The summed E-state index contributed by atoms with van der Waals surface area (Å²) in [6.45, 7) is 1.96. The Morgan fingerprint density at radius 3 is 2.76 bits per heavy atom. The van der Waals surface area contributed by atoms with Crippen molar-refractivity contribution in [2.45, 2.75) is 13.0 Å². The van der Waals surface area contributed by atoms with Gasteiger partial charge in [-0.15, -0.1) is 0 Å². The van der Waals surface area contributed by atoms with E-state index >= 15 is 0 Å². The lowest BCUT2D eigenvalue weighted by molar-refractivity contribution is 0.526. The number of benzene rings is 2. The first kappa shape index (κ1) is 14.4. The maximum absolute atomic E-state index is 13.1. The molecule has 2 nitrogen and oxygen atoms in total. The summed E-state index contributed by atoms with van der Waals surface area (Å²) in [4.78, 5) is 0. The van der Waals surface area contributed by atoms with Gasteiger partial charge in [-0.05, 0) is 49.4 Å². The lowest BCUT2D eigenvalue weighted by Gasteiger charge is -2.14. The van der Waals surface area contributed by atoms with Gasteiger partial charge >= 0.3 is 0 Å². The molecule has 2 aromatic carbocycles. The quantitative estimate of drug-likeness (QED) is 0.599. The topological polar surface area (TPSA) is 25.2 Å². The molecule has 1 aromatic heterocycles. The van der Waals surface area contributed by atoms with Crippen LogP contribution in [0.1, 0.15) is 18.7 Å². The van der Waals surface area contributed by atoms with E-state index in [1.807, 2.05) is 31.2 Å². The van der Waals surface area contributed by atoms with Crippen LogP contribution < -0.4 is 5.32 Å². The minimum Gasteiger partial charge on any atom is -0.459 e. The van der Waals surface area contributed by atoms with E-state index in [2.05, 4.69) is 21.2 Å². The molecule has 0 aliphatic rings. The SMILES string of the molecule is CC(Nc1ccc(F)cc1Cl)c1cc2cc(Br)ccc2o1. The summed E-state index contributed by atoms with van der Waals surface area (Å²) in [6, 6.07) is 12.0. The van der Waals surface area contributed by atoms with Gasteiger partial charge in [0, 0.05) is 9.86 Å². The minimum atomic E-state index is -0.355. The first-order valence-corrected chi connectivity index (χ1v) is 7.60. The molecule has 3 rings (SSSR count). The smallest absolute Gasteiger partial charge is 0.134 e. The van der Waals surface area contributed by atoms with Crippen molar-refractivity contribution in [3.8, 4) is 0 Å². The molecule has 0 spiro atoms. The second-order valence-electron chi connectivity index (χ2n) is 4.82. The van der Waals surface area contributed by atoms with E-state index in [9.17, 15) is 4.39 Å². The fourth-order valence-electron chi connectivity index (χ4n) is 2.16. The number of halogens is 3. The number of rotatable bonds is 3. The molecule has 0 saturated heterocycles. The molecule has 0 bridgehead atoms. The molecule has 5 heteroatoms. The van der Waals surface area contributed by atoms with Crippen molar-refractivity contribution in [1.29, 1.82) is 0 Å². The lowest BCUT2D eigenvalue weighted by Crippen LogP contribution is -2.05. The number of fused-ring (bicyclic) bond motifs is 1. The van der Waals surface area contributed by atoms with Crippen LogP contribution in [0.5, 0.6) is 0 Å². The molecule has 0 aliphatic heterocycles. The second kappa shape index (κ2) is 5.70. The van der Waals surface area contributed by atoms with Crippen molar-refractivity contribution in [3.63, 3.8) is 0 Å². The largest absolute Gasteiger partial charge is 0.459 e. The van der Waals surface area contributed by atoms with Crippen molar-refractivity contribution in [2.24, 2.45) is 0 Å². The average Bonchev–Trinajstić information content (AvgIpc) is 2.85. The molecule has 0 radical (unpaired) electrons. The van der Waals surface area contributed by atoms with Crippen molar-refractivity contribution < 1.29 is 8.81 Å². The molecular weight excluding hydrogens is 357 g/mol. The Hall–Kier alpha value is -1.52. The molecule has 1 unspecified atom stereocenters. The van der Waals surface area contributed by atoms with E-state index in [1.54, 1.807) is 6.07 Å². The van der Waals surface area contributed by atoms with E-state index in [0.29, 0.717) is 10.7 Å². The van der Waals surface area contributed by atoms with Crippen LogP contribution in [0.3, 0.4) is 0 Å². The average molecular weight is 369 g/mol. The highest BCUT2D eigenvalue weighted by Crippen LogP contribution is 2.30. The summed E-state index contributed by atoms with van der Waals surface area (Å²) in [6.07, 6.45) is 0. The zero-order valence-corrected chi connectivity index (χ0v) is 13.5. The Balaban J connectivity index is 1.87. The van der Waals surface area contributed by atoms with Gasteiger partial charge in [0.25, 0.3) is 0 Å². The summed E-state index contributed by atoms with van der Waals surface area (Å²) in [5.74, 6) is 0.440. The van der Waals surface area contributed by atoms with Gasteiger partial charge in [-0.2, -0.15) is 0 Å². The third-order valence-corrected chi connectivity index (χ3v) is 4.03. The Morgan fingerprint density at radius 1 is 1.19 bits per heavy atom. The maximum atomic E-state index is 13.1. The highest BCUT2D eigenvalue weighted by molar-refractivity contribution is 9.10. The van der Waals surface area contributed by atoms with Crippen LogP contribution in [0.4, 0.5) is 10.1 Å². The molecule has 108 valence electrons. The van der Waals surface area contributed by atoms with Gasteiger partial charge < -0.3 is 9.73 Å². The van der Waals surface area contributed by atoms with Crippen molar-refractivity contribution in [2.75, 3.05) is 5.32 Å². The van der Waals surface area contributed by atoms with E-state index < -0.39 is 0 Å². The minimum absolute atomic E-state index is 0.0841. The molecule has 0 fully saturated rings. The van der Waals surface area contributed by atoms with Crippen LogP contribution in [-0.4, -0.2) is 0 Å². The van der Waals surface area contributed by atoms with Crippen molar-refractivity contribution in [1.82, 2.24) is 0 Å². The number of furan rings is 1. The molecule has 21 heavy (non-hydrogen) atoms. The summed E-state index contributed by atoms with van der Waals surface area (Å²) in [5.41, 5.74) is 1.50. The second-order valence-corrected chi connectivity index (χ2v) is 6.14. The first-order valence-electron chi connectivity index (χ1n) is 6.43. The van der Waals surface area contributed by atoms with Crippen LogP contribution >= 0.6 is 27.5 Å². The monoisotopic (exact) mass is 367 g/mol. The van der Waals surface area contributed by atoms with E-state index in [1.165, 1.54) is 12.1 Å². The number of nitrogens with one attached hydrogen (secondary N) is 1. The van der Waals surface area contributed by atoms with E-state index in [0.717, 1.165) is 21.2 Å². The predicted octanol–water partition coefficient (Wildman–Crippen LogP) is 6.16. The van der Waals surface area contributed by atoms with Gasteiger partial charge in [0.05, 0.1) is 16.8 Å². The molecule has 3 aromatic rings. The summed E-state index contributed by atoms with van der Waals surface area (Å²) >= 11 is 9.46. The van der Waals surface area contributed by atoms with Crippen molar-refractivity contribution >= 4 is 44.2 Å². The fraction of sp³-hybridized carbons (Fsp3) is 0.125. The van der Waals surface area contributed by atoms with Gasteiger partial charge in [0.1, 0.15) is 17.2 Å². The number of hydrogen-bond donors (Lipinski definition) is 1.